The second-order valence-electron chi connectivity index (χ2n) is 7.82. The molecule has 1 fully saturated rings. The molecular formula is C24H29NO3S. The molecule has 0 amide bonds. The van der Waals surface area contributed by atoms with Crippen molar-refractivity contribution in [2.24, 2.45) is 0 Å². The quantitative estimate of drug-likeness (QED) is 0.463. The number of benzene rings is 1. The lowest BCUT2D eigenvalue weighted by atomic mass is 9.96. The standard InChI is InChI=1S/C24H29NO3S/c1-2-3-4-9-22(19-8-5-6-13-25-19)27-17-11-12-21-18(15-17)20(26)16-23(28-21)24-10-7-14-29-24/h7,10-12,14-16,19,22,25H,2-6,8-9,13H2,1H3. The maximum absolute atomic E-state index is 12.7. The molecule has 1 aromatic carbocycles. The third-order valence-corrected chi connectivity index (χ3v) is 6.52. The van der Waals surface area contributed by atoms with Crippen LogP contribution in [0.5, 0.6) is 5.75 Å². The van der Waals surface area contributed by atoms with E-state index >= 15 is 0 Å². The highest BCUT2D eigenvalue weighted by molar-refractivity contribution is 7.13. The lowest BCUT2D eigenvalue weighted by Crippen LogP contribution is -2.45. The van der Waals surface area contributed by atoms with Crippen LogP contribution in [0.25, 0.3) is 21.6 Å². The first-order valence-corrected chi connectivity index (χ1v) is 11.6. The topological polar surface area (TPSA) is 51.5 Å². The van der Waals surface area contributed by atoms with Crippen LogP contribution in [0.4, 0.5) is 0 Å². The Morgan fingerprint density at radius 1 is 1.24 bits per heavy atom. The predicted octanol–water partition coefficient (Wildman–Crippen LogP) is 5.99. The van der Waals surface area contributed by atoms with Crippen molar-refractivity contribution in [1.29, 1.82) is 0 Å². The van der Waals surface area contributed by atoms with Gasteiger partial charge in [0.2, 0.25) is 0 Å². The van der Waals surface area contributed by atoms with Crippen molar-refractivity contribution in [1.82, 2.24) is 5.32 Å². The molecule has 29 heavy (non-hydrogen) atoms. The van der Waals surface area contributed by atoms with Crippen LogP contribution in [0.2, 0.25) is 0 Å². The summed E-state index contributed by atoms with van der Waals surface area (Å²) in [6, 6.07) is 11.5. The fourth-order valence-electron chi connectivity index (χ4n) is 4.06. The minimum absolute atomic E-state index is 0.0292. The highest BCUT2D eigenvalue weighted by Gasteiger charge is 2.25. The van der Waals surface area contributed by atoms with Crippen molar-refractivity contribution in [3.8, 4) is 16.4 Å². The van der Waals surface area contributed by atoms with Crippen molar-refractivity contribution >= 4 is 22.3 Å². The van der Waals surface area contributed by atoms with Gasteiger partial charge in [0.1, 0.15) is 23.2 Å². The molecule has 2 aromatic heterocycles. The van der Waals surface area contributed by atoms with Gasteiger partial charge >= 0.3 is 0 Å². The smallest absolute Gasteiger partial charge is 0.193 e. The van der Waals surface area contributed by atoms with E-state index < -0.39 is 0 Å². The summed E-state index contributed by atoms with van der Waals surface area (Å²) in [4.78, 5) is 13.7. The summed E-state index contributed by atoms with van der Waals surface area (Å²) < 4.78 is 12.4. The molecule has 2 atom stereocenters. The van der Waals surface area contributed by atoms with Crippen LogP contribution in [0.1, 0.15) is 51.9 Å². The first-order chi connectivity index (χ1) is 14.2. The molecule has 5 heteroatoms. The van der Waals surface area contributed by atoms with Gasteiger partial charge < -0.3 is 14.5 Å². The molecule has 4 nitrogen and oxygen atoms in total. The zero-order valence-electron chi connectivity index (χ0n) is 17.0. The van der Waals surface area contributed by atoms with Gasteiger partial charge in [0, 0.05) is 12.1 Å². The zero-order chi connectivity index (χ0) is 20.1. The van der Waals surface area contributed by atoms with Crippen molar-refractivity contribution in [2.45, 2.75) is 64.0 Å². The lowest BCUT2D eigenvalue weighted by molar-refractivity contribution is 0.125. The van der Waals surface area contributed by atoms with E-state index in [1.165, 1.54) is 32.1 Å². The van der Waals surface area contributed by atoms with Crippen molar-refractivity contribution in [3.63, 3.8) is 0 Å². The molecule has 0 saturated carbocycles. The molecule has 1 aliphatic rings. The van der Waals surface area contributed by atoms with E-state index in [0.29, 0.717) is 22.8 Å². The van der Waals surface area contributed by atoms with E-state index in [0.717, 1.165) is 30.0 Å². The van der Waals surface area contributed by atoms with Gasteiger partial charge in [-0.15, -0.1) is 11.3 Å². The summed E-state index contributed by atoms with van der Waals surface area (Å²) in [5, 5.41) is 6.19. The molecule has 154 valence electrons. The maximum Gasteiger partial charge on any atom is 0.193 e. The number of ether oxygens (including phenoxy) is 1. The number of rotatable bonds is 8. The van der Waals surface area contributed by atoms with Gasteiger partial charge in [0.15, 0.2) is 5.43 Å². The molecule has 1 aliphatic heterocycles. The molecule has 3 aromatic rings. The summed E-state index contributed by atoms with van der Waals surface area (Å²) >= 11 is 1.57. The first-order valence-electron chi connectivity index (χ1n) is 10.8. The zero-order valence-corrected chi connectivity index (χ0v) is 17.8. The van der Waals surface area contributed by atoms with Crippen molar-refractivity contribution in [2.75, 3.05) is 6.54 Å². The third-order valence-electron chi connectivity index (χ3n) is 5.64. The molecule has 3 heterocycles. The Kier molecular flexibility index (Phi) is 6.67. The van der Waals surface area contributed by atoms with Crippen LogP contribution in [0.15, 0.2) is 51.0 Å². The van der Waals surface area contributed by atoms with Crippen LogP contribution >= 0.6 is 11.3 Å². The van der Waals surface area contributed by atoms with Gasteiger partial charge in [-0.25, -0.2) is 0 Å². The average molecular weight is 412 g/mol. The van der Waals surface area contributed by atoms with E-state index in [1.807, 2.05) is 35.7 Å². The Hall–Kier alpha value is -2.11. The van der Waals surface area contributed by atoms with Crippen LogP contribution < -0.4 is 15.5 Å². The van der Waals surface area contributed by atoms with Gasteiger partial charge in [-0.05, 0) is 61.9 Å². The first kappa shape index (κ1) is 20.2. The molecule has 1 saturated heterocycles. The van der Waals surface area contributed by atoms with E-state index in [1.54, 1.807) is 17.4 Å². The molecular weight excluding hydrogens is 382 g/mol. The van der Waals surface area contributed by atoms with Crippen molar-refractivity contribution in [3.05, 3.63) is 52.0 Å². The average Bonchev–Trinajstić information content (AvgIpc) is 3.29. The molecule has 0 aliphatic carbocycles. The molecule has 4 rings (SSSR count). The van der Waals surface area contributed by atoms with Crippen LogP contribution in [0, 0.1) is 0 Å². The van der Waals surface area contributed by atoms with Gasteiger partial charge in [-0.1, -0.05) is 32.3 Å². The monoisotopic (exact) mass is 411 g/mol. The summed E-state index contributed by atoms with van der Waals surface area (Å²) in [5.74, 6) is 1.37. The van der Waals surface area contributed by atoms with Crippen LogP contribution in [-0.4, -0.2) is 18.7 Å². The maximum atomic E-state index is 12.7. The van der Waals surface area contributed by atoms with Crippen LogP contribution in [0.3, 0.4) is 0 Å². The SMILES string of the molecule is CCCCCC(Oc1ccc2oc(-c3cccs3)cc(=O)c2c1)C1CCCCN1. The van der Waals surface area contributed by atoms with Gasteiger partial charge in [-0.3, -0.25) is 4.79 Å². The Morgan fingerprint density at radius 2 is 2.17 bits per heavy atom. The van der Waals surface area contributed by atoms with Gasteiger partial charge in [0.25, 0.3) is 0 Å². The lowest BCUT2D eigenvalue weighted by Gasteiger charge is -2.32. The Bertz CT molecular complexity index is 973. The minimum atomic E-state index is -0.0292. The number of piperidine rings is 1. The second-order valence-corrected chi connectivity index (χ2v) is 8.77. The fourth-order valence-corrected chi connectivity index (χ4v) is 4.74. The summed E-state index contributed by atoms with van der Waals surface area (Å²) in [6.45, 7) is 3.28. The number of unbranched alkanes of at least 4 members (excludes halogenated alkanes) is 2. The predicted molar refractivity (Wildman–Crippen MR) is 120 cm³/mol. The molecule has 1 N–H and O–H groups in total. The second kappa shape index (κ2) is 9.59. The molecule has 0 radical (unpaired) electrons. The van der Waals surface area contributed by atoms with Gasteiger partial charge in [0.05, 0.1) is 10.3 Å². The van der Waals surface area contributed by atoms with E-state index in [2.05, 4.69) is 12.2 Å². The van der Waals surface area contributed by atoms with Crippen LogP contribution in [-0.2, 0) is 0 Å². The summed E-state index contributed by atoms with van der Waals surface area (Å²) in [5.41, 5.74) is 0.574. The fraction of sp³-hybridized carbons (Fsp3) is 0.458. The van der Waals surface area contributed by atoms with Crippen molar-refractivity contribution < 1.29 is 9.15 Å². The Balaban J connectivity index is 1.57. The van der Waals surface area contributed by atoms with Gasteiger partial charge in [-0.2, -0.15) is 0 Å². The minimum Gasteiger partial charge on any atom is -0.489 e. The molecule has 2 unspecified atom stereocenters. The Labute approximate surface area is 175 Å². The summed E-state index contributed by atoms with van der Waals surface area (Å²) in [6.07, 6.45) is 8.40. The van der Waals surface area contributed by atoms with E-state index in [4.69, 9.17) is 9.15 Å². The van der Waals surface area contributed by atoms with E-state index in [9.17, 15) is 4.79 Å². The number of hydrogen-bond donors (Lipinski definition) is 1. The largest absolute Gasteiger partial charge is 0.489 e. The number of hydrogen-bond acceptors (Lipinski definition) is 5. The highest BCUT2D eigenvalue weighted by atomic mass is 32.1. The molecule has 0 spiro atoms. The normalized spacial score (nSPS) is 18.0. The summed E-state index contributed by atoms with van der Waals surface area (Å²) in [7, 11) is 0. The highest BCUT2D eigenvalue weighted by Crippen LogP contribution is 2.29. The number of nitrogens with one attached hydrogen (secondary N) is 1. The third kappa shape index (κ3) is 4.90. The number of fused-ring (bicyclic) bond motifs is 1. The molecule has 0 bridgehead atoms. The number of thiophene rings is 1. The Morgan fingerprint density at radius 3 is 2.93 bits per heavy atom. The van der Waals surface area contributed by atoms with E-state index in [-0.39, 0.29) is 11.5 Å².